The van der Waals surface area contributed by atoms with E-state index in [0.717, 1.165) is 0 Å². The molecule has 6 nitrogen and oxygen atoms in total. The van der Waals surface area contributed by atoms with Gasteiger partial charge in [0, 0.05) is 46.1 Å². The molecule has 0 aliphatic carbocycles. The van der Waals surface area contributed by atoms with Crippen molar-refractivity contribution in [1.82, 2.24) is 9.29 Å². The molecular weight excluding hydrogens is 333 g/mol. The summed E-state index contributed by atoms with van der Waals surface area (Å²) in [5.74, 6) is -0.223. The molecule has 0 radical (unpaired) electrons. The number of hydrogen-bond donors (Lipinski definition) is 0. The fraction of sp³-hybridized carbons (Fsp3) is 0.615. The van der Waals surface area contributed by atoms with E-state index in [1.165, 1.54) is 16.6 Å². The zero-order valence-electron chi connectivity index (χ0n) is 12.3. The van der Waals surface area contributed by atoms with Crippen LogP contribution < -0.4 is 4.90 Å². The molecule has 1 aliphatic rings. The second kappa shape index (κ2) is 7.54. The molecule has 0 saturated carbocycles. The first-order valence-electron chi connectivity index (χ1n) is 6.97. The predicted molar refractivity (Wildman–Crippen MR) is 83.3 cm³/mol. The van der Waals surface area contributed by atoms with Crippen LogP contribution in [0, 0.1) is 5.82 Å². The van der Waals surface area contributed by atoms with Crippen LogP contribution in [0.25, 0.3) is 0 Å². The Hall–Kier alpha value is -0.960. The Balaban J connectivity index is 1.95. The summed E-state index contributed by atoms with van der Waals surface area (Å²) in [7, 11) is -1.75. The molecular formula is C13H19ClFN3O3S. The Bertz CT molecular complexity index is 607. The number of nitrogens with zero attached hydrogens (tertiary/aromatic N) is 3. The van der Waals surface area contributed by atoms with E-state index in [2.05, 4.69) is 4.98 Å². The van der Waals surface area contributed by atoms with Crippen molar-refractivity contribution in [2.45, 2.75) is 6.42 Å². The van der Waals surface area contributed by atoms with Gasteiger partial charge >= 0.3 is 0 Å². The number of pyridine rings is 1. The predicted octanol–water partition coefficient (Wildman–Crippen LogP) is 1.36. The highest BCUT2D eigenvalue weighted by atomic mass is 35.5. The van der Waals surface area contributed by atoms with Crippen molar-refractivity contribution in [3.05, 3.63) is 23.1 Å². The van der Waals surface area contributed by atoms with Crippen molar-refractivity contribution in [2.75, 3.05) is 50.5 Å². The maximum atomic E-state index is 13.8. The molecule has 0 aromatic carbocycles. The lowest BCUT2D eigenvalue weighted by molar-refractivity contribution is 0.199. The van der Waals surface area contributed by atoms with E-state index >= 15 is 0 Å². The zero-order chi connectivity index (χ0) is 16.2. The van der Waals surface area contributed by atoms with E-state index in [1.54, 1.807) is 12.0 Å². The number of rotatable bonds is 6. The second-order valence-electron chi connectivity index (χ2n) is 5.01. The highest BCUT2D eigenvalue weighted by Gasteiger charge is 2.28. The lowest BCUT2D eigenvalue weighted by atomic mass is 10.3. The van der Waals surface area contributed by atoms with Gasteiger partial charge in [-0.25, -0.2) is 17.8 Å². The van der Waals surface area contributed by atoms with Gasteiger partial charge in [0.05, 0.1) is 10.8 Å². The van der Waals surface area contributed by atoms with Crippen LogP contribution in [0.1, 0.15) is 6.42 Å². The van der Waals surface area contributed by atoms with Crippen molar-refractivity contribution < 1.29 is 17.5 Å². The monoisotopic (exact) mass is 351 g/mol. The van der Waals surface area contributed by atoms with Crippen molar-refractivity contribution in [3.8, 4) is 0 Å². The van der Waals surface area contributed by atoms with Gasteiger partial charge in [-0.2, -0.15) is 4.31 Å². The molecule has 2 heterocycles. The Morgan fingerprint density at radius 2 is 2.05 bits per heavy atom. The molecule has 0 N–H and O–H groups in total. The molecule has 22 heavy (non-hydrogen) atoms. The summed E-state index contributed by atoms with van der Waals surface area (Å²) in [5.41, 5.74) is 0. The fourth-order valence-corrected chi connectivity index (χ4v) is 3.94. The maximum absolute atomic E-state index is 13.8. The topological polar surface area (TPSA) is 62.7 Å². The molecule has 0 amide bonds. The van der Waals surface area contributed by atoms with Gasteiger partial charge < -0.3 is 9.64 Å². The van der Waals surface area contributed by atoms with E-state index in [4.69, 9.17) is 16.3 Å². The zero-order valence-corrected chi connectivity index (χ0v) is 13.9. The molecule has 0 atom stereocenters. The van der Waals surface area contributed by atoms with Gasteiger partial charge in [-0.3, -0.25) is 0 Å². The number of anilines is 1. The highest BCUT2D eigenvalue weighted by molar-refractivity contribution is 7.89. The standard InChI is InChI=1S/C13H19ClFN3O3S/c1-21-7-2-8-22(19,20)18-5-3-17(4-6-18)13-12(15)9-11(14)10-16-13/h9-10H,2-8H2,1H3. The van der Waals surface area contributed by atoms with Crippen molar-refractivity contribution in [1.29, 1.82) is 0 Å². The van der Waals surface area contributed by atoms with E-state index in [1.807, 2.05) is 0 Å². The highest BCUT2D eigenvalue weighted by Crippen LogP contribution is 2.21. The quantitative estimate of drug-likeness (QED) is 0.724. The Kier molecular flexibility index (Phi) is 5.96. The number of hydrogen-bond acceptors (Lipinski definition) is 5. The van der Waals surface area contributed by atoms with Crippen LogP contribution in [0.2, 0.25) is 5.02 Å². The smallest absolute Gasteiger partial charge is 0.214 e. The third kappa shape index (κ3) is 4.28. The number of sulfonamides is 1. The van der Waals surface area contributed by atoms with Crippen LogP contribution in [0.4, 0.5) is 10.2 Å². The number of ether oxygens (including phenoxy) is 1. The summed E-state index contributed by atoms with van der Waals surface area (Å²) >= 11 is 5.68. The fourth-order valence-electron chi connectivity index (χ4n) is 2.33. The van der Waals surface area contributed by atoms with Crippen molar-refractivity contribution in [2.24, 2.45) is 0 Å². The lowest BCUT2D eigenvalue weighted by Gasteiger charge is -2.34. The van der Waals surface area contributed by atoms with Gasteiger partial charge in [0.15, 0.2) is 11.6 Å². The van der Waals surface area contributed by atoms with Gasteiger partial charge in [-0.1, -0.05) is 11.6 Å². The van der Waals surface area contributed by atoms with Crippen LogP contribution in [0.5, 0.6) is 0 Å². The Morgan fingerprint density at radius 3 is 2.64 bits per heavy atom. The largest absolute Gasteiger partial charge is 0.385 e. The van der Waals surface area contributed by atoms with Gasteiger partial charge in [0.2, 0.25) is 10.0 Å². The first-order valence-corrected chi connectivity index (χ1v) is 8.95. The van der Waals surface area contributed by atoms with Gasteiger partial charge in [0.25, 0.3) is 0 Å². The third-order valence-corrected chi connectivity index (χ3v) is 5.63. The molecule has 0 unspecified atom stereocenters. The summed E-state index contributed by atoms with van der Waals surface area (Å²) < 4.78 is 44.5. The number of piperazine rings is 1. The van der Waals surface area contributed by atoms with Gasteiger partial charge in [0.1, 0.15) is 0 Å². The number of halogens is 2. The van der Waals surface area contributed by atoms with Crippen molar-refractivity contribution >= 4 is 27.4 Å². The molecule has 124 valence electrons. The van der Waals surface area contributed by atoms with E-state index < -0.39 is 15.8 Å². The molecule has 1 fully saturated rings. The van der Waals surface area contributed by atoms with Crippen LogP contribution in [-0.4, -0.2) is 63.4 Å². The average Bonchev–Trinajstić information content (AvgIpc) is 2.47. The molecule has 1 aromatic rings. The number of methoxy groups -OCH3 is 1. The van der Waals surface area contributed by atoms with Crippen LogP contribution in [0.15, 0.2) is 12.3 Å². The van der Waals surface area contributed by atoms with E-state index in [0.29, 0.717) is 39.2 Å². The normalized spacial score (nSPS) is 17.0. The maximum Gasteiger partial charge on any atom is 0.214 e. The van der Waals surface area contributed by atoms with Crippen LogP contribution in [-0.2, 0) is 14.8 Å². The van der Waals surface area contributed by atoms with Crippen molar-refractivity contribution in [3.63, 3.8) is 0 Å². The first-order chi connectivity index (χ1) is 10.4. The minimum Gasteiger partial charge on any atom is -0.385 e. The second-order valence-corrected chi connectivity index (χ2v) is 7.53. The van der Waals surface area contributed by atoms with E-state index in [-0.39, 0.29) is 16.6 Å². The average molecular weight is 352 g/mol. The summed E-state index contributed by atoms with van der Waals surface area (Å²) in [6.45, 7) is 1.85. The van der Waals surface area contributed by atoms with Crippen LogP contribution in [0.3, 0.4) is 0 Å². The number of aromatic nitrogens is 1. The lowest BCUT2D eigenvalue weighted by Crippen LogP contribution is -2.49. The van der Waals surface area contributed by atoms with Gasteiger partial charge in [-0.05, 0) is 12.5 Å². The van der Waals surface area contributed by atoms with E-state index in [9.17, 15) is 12.8 Å². The molecule has 1 saturated heterocycles. The molecule has 1 aliphatic heterocycles. The summed E-state index contributed by atoms with van der Waals surface area (Å²) in [6.07, 6.45) is 1.85. The molecule has 2 rings (SSSR count). The minimum atomic E-state index is -3.29. The Morgan fingerprint density at radius 1 is 1.36 bits per heavy atom. The molecule has 9 heteroatoms. The Labute approximate surface area is 134 Å². The SMILES string of the molecule is COCCCS(=O)(=O)N1CCN(c2ncc(Cl)cc2F)CC1. The summed E-state index contributed by atoms with van der Waals surface area (Å²) in [4.78, 5) is 5.71. The molecule has 1 aromatic heterocycles. The minimum absolute atomic E-state index is 0.0639. The van der Waals surface area contributed by atoms with Gasteiger partial charge in [-0.15, -0.1) is 0 Å². The third-order valence-electron chi connectivity index (χ3n) is 3.47. The van der Waals surface area contributed by atoms with Crippen LogP contribution >= 0.6 is 11.6 Å². The molecule has 0 spiro atoms. The first kappa shape index (κ1) is 17.4. The summed E-state index contributed by atoms with van der Waals surface area (Å²) in [6, 6.07) is 1.21. The molecule has 0 bridgehead atoms. The summed E-state index contributed by atoms with van der Waals surface area (Å²) in [5, 5.41) is 0.237.